The molecule has 2 aliphatic rings. The van der Waals surface area contributed by atoms with Gasteiger partial charge >= 0.3 is 0 Å². The second-order valence-corrected chi connectivity index (χ2v) is 6.62. The first kappa shape index (κ1) is 17.2. The smallest absolute Gasteiger partial charge is 0.191 e. The first-order valence-electron chi connectivity index (χ1n) is 9.30. The molecule has 24 heavy (non-hydrogen) atoms. The van der Waals surface area contributed by atoms with Crippen molar-refractivity contribution in [2.45, 2.75) is 38.3 Å². The number of ether oxygens (including phenoxy) is 1. The van der Waals surface area contributed by atoms with E-state index in [4.69, 9.17) is 4.74 Å². The summed E-state index contributed by atoms with van der Waals surface area (Å²) in [5.41, 5.74) is 1.40. The molecule has 1 saturated heterocycles. The van der Waals surface area contributed by atoms with Gasteiger partial charge in [0.25, 0.3) is 0 Å². The topological polar surface area (TPSA) is 48.9 Å². The van der Waals surface area contributed by atoms with Crippen LogP contribution in [0.3, 0.4) is 0 Å². The summed E-state index contributed by atoms with van der Waals surface area (Å²) in [6, 6.07) is 10.7. The van der Waals surface area contributed by atoms with E-state index in [0.717, 1.165) is 77.5 Å². The minimum Gasteiger partial charge on any atom is -0.378 e. The Hall–Kier alpha value is -1.59. The van der Waals surface area contributed by atoms with Crippen molar-refractivity contribution in [1.82, 2.24) is 15.5 Å². The second kappa shape index (κ2) is 9.64. The number of nitrogens with zero attached hydrogens (tertiary/aromatic N) is 2. The van der Waals surface area contributed by atoms with Crippen LogP contribution in [0.2, 0.25) is 0 Å². The molecule has 0 unspecified atom stereocenters. The fourth-order valence-electron chi connectivity index (χ4n) is 3.26. The number of aliphatic imine (C=N–C) groups is 1. The SMILES string of the molecule is c1ccc(CN2CCC(OCCCNC3=NCCCN3)CC2)cc1. The van der Waals surface area contributed by atoms with Crippen molar-refractivity contribution in [2.75, 3.05) is 39.3 Å². The maximum absolute atomic E-state index is 6.04. The van der Waals surface area contributed by atoms with Crippen molar-refractivity contribution in [3.8, 4) is 0 Å². The Bertz CT molecular complexity index is 497. The summed E-state index contributed by atoms with van der Waals surface area (Å²) >= 11 is 0. The van der Waals surface area contributed by atoms with Gasteiger partial charge in [-0.15, -0.1) is 0 Å². The van der Waals surface area contributed by atoms with Crippen molar-refractivity contribution in [2.24, 2.45) is 4.99 Å². The average Bonchev–Trinajstić information content (AvgIpc) is 2.65. The van der Waals surface area contributed by atoms with Gasteiger partial charge in [0.2, 0.25) is 0 Å². The summed E-state index contributed by atoms with van der Waals surface area (Å²) < 4.78 is 6.04. The third-order valence-electron chi connectivity index (χ3n) is 4.65. The van der Waals surface area contributed by atoms with Crippen LogP contribution in [0.4, 0.5) is 0 Å². The van der Waals surface area contributed by atoms with Crippen LogP contribution < -0.4 is 10.6 Å². The summed E-state index contributed by atoms with van der Waals surface area (Å²) in [6.45, 7) is 7.07. The Morgan fingerprint density at radius 3 is 2.79 bits per heavy atom. The van der Waals surface area contributed by atoms with E-state index in [1.165, 1.54) is 5.56 Å². The highest BCUT2D eigenvalue weighted by atomic mass is 16.5. The van der Waals surface area contributed by atoms with Gasteiger partial charge in [0.15, 0.2) is 5.96 Å². The van der Waals surface area contributed by atoms with E-state index in [-0.39, 0.29) is 0 Å². The number of piperidine rings is 1. The molecule has 1 fully saturated rings. The number of benzene rings is 1. The van der Waals surface area contributed by atoms with Gasteiger partial charge < -0.3 is 15.4 Å². The Morgan fingerprint density at radius 2 is 2.04 bits per heavy atom. The lowest BCUT2D eigenvalue weighted by molar-refractivity contribution is 0.00534. The van der Waals surface area contributed by atoms with E-state index in [0.29, 0.717) is 6.10 Å². The first-order chi connectivity index (χ1) is 11.9. The van der Waals surface area contributed by atoms with Crippen LogP contribution in [0, 0.1) is 0 Å². The highest BCUT2D eigenvalue weighted by Gasteiger charge is 2.19. The summed E-state index contributed by atoms with van der Waals surface area (Å²) in [6.07, 6.45) is 4.90. The van der Waals surface area contributed by atoms with Crippen LogP contribution in [-0.2, 0) is 11.3 Å². The molecule has 1 aromatic carbocycles. The zero-order valence-electron chi connectivity index (χ0n) is 14.5. The van der Waals surface area contributed by atoms with Crippen LogP contribution in [0.5, 0.6) is 0 Å². The maximum atomic E-state index is 6.04. The summed E-state index contributed by atoms with van der Waals surface area (Å²) in [5.74, 6) is 0.954. The van der Waals surface area contributed by atoms with Crippen LogP contribution in [0.1, 0.15) is 31.2 Å². The molecule has 2 heterocycles. The normalized spacial score (nSPS) is 19.6. The zero-order valence-corrected chi connectivity index (χ0v) is 14.5. The van der Waals surface area contributed by atoms with Gasteiger partial charge in [0.05, 0.1) is 6.10 Å². The predicted octanol–water partition coefficient (Wildman–Crippen LogP) is 2.00. The minimum absolute atomic E-state index is 0.433. The van der Waals surface area contributed by atoms with E-state index >= 15 is 0 Å². The molecule has 0 spiro atoms. The molecule has 0 aliphatic carbocycles. The van der Waals surface area contributed by atoms with Gasteiger partial charge in [0, 0.05) is 45.9 Å². The summed E-state index contributed by atoms with van der Waals surface area (Å²) in [4.78, 5) is 6.94. The molecule has 1 aromatic rings. The van der Waals surface area contributed by atoms with Crippen molar-refractivity contribution in [3.05, 3.63) is 35.9 Å². The van der Waals surface area contributed by atoms with Crippen molar-refractivity contribution >= 4 is 5.96 Å². The Balaban J connectivity index is 1.24. The first-order valence-corrected chi connectivity index (χ1v) is 9.30. The molecule has 0 radical (unpaired) electrons. The number of guanidine groups is 1. The monoisotopic (exact) mass is 330 g/mol. The average molecular weight is 330 g/mol. The number of nitrogens with one attached hydrogen (secondary N) is 2. The highest BCUT2D eigenvalue weighted by molar-refractivity contribution is 5.80. The van der Waals surface area contributed by atoms with Gasteiger partial charge in [-0.2, -0.15) is 0 Å². The largest absolute Gasteiger partial charge is 0.378 e. The van der Waals surface area contributed by atoms with Crippen molar-refractivity contribution in [1.29, 1.82) is 0 Å². The minimum atomic E-state index is 0.433. The Morgan fingerprint density at radius 1 is 1.21 bits per heavy atom. The summed E-state index contributed by atoms with van der Waals surface area (Å²) in [5, 5.41) is 6.62. The molecule has 0 aromatic heterocycles. The number of hydrogen-bond donors (Lipinski definition) is 2. The molecule has 5 heteroatoms. The van der Waals surface area contributed by atoms with Crippen LogP contribution >= 0.6 is 0 Å². The third kappa shape index (κ3) is 5.80. The van der Waals surface area contributed by atoms with Crippen LogP contribution in [-0.4, -0.2) is 56.3 Å². The van der Waals surface area contributed by atoms with Gasteiger partial charge in [-0.25, -0.2) is 0 Å². The molecule has 132 valence electrons. The van der Waals surface area contributed by atoms with E-state index in [1.807, 2.05) is 0 Å². The lowest BCUT2D eigenvalue weighted by Gasteiger charge is -2.32. The maximum Gasteiger partial charge on any atom is 0.191 e. The molecule has 2 aliphatic heterocycles. The Kier molecular flexibility index (Phi) is 6.93. The fourth-order valence-corrected chi connectivity index (χ4v) is 3.26. The molecule has 0 bridgehead atoms. The molecular formula is C19H30N4O. The van der Waals surface area contributed by atoms with Gasteiger partial charge in [-0.3, -0.25) is 9.89 Å². The van der Waals surface area contributed by atoms with E-state index in [1.54, 1.807) is 0 Å². The fraction of sp³-hybridized carbons (Fsp3) is 0.632. The molecule has 0 atom stereocenters. The third-order valence-corrected chi connectivity index (χ3v) is 4.65. The number of likely N-dealkylation sites (tertiary alicyclic amines) is 1. The van der Waals surface area contributed by atoms with Crippen LogP contribution in [0.15, 0.2) is 35.3 Å². The van der Waals surface area contributed by atoms with Crippen LogP contribution in [0.25, 0.3) is 0 Å². The quantitative estimate of drug-likeness (QED) is 0.751. The van der Waals surface area contributed by atoms with E-state index in [2.05, 4.69) is 50.9 Å². The van der Waals surface area contributed by atoms with Gasteiger partial charge in [-0.05, 0) is 31.2 Å². The zero-order chi connectivity index (χ0) is 16.5. The van der Waals surface area contributed by atoms with E-state index in [9.17, 15) is 0 Å². The highest BCUT2D eigenvalue weighted by Crippen LogP contribution is 2.16. The standard InChI is InChI=1S/C19H30N4O/c1-2-6-17(7-3-1)16-23-13-8-18(9-14-23)24-15-5-12-22-19-20-10-4-11-21-19/h1-3,6-7,18H,4-5,8-16H2,(H2,20,21,22). The number of hydrogen-bond acceptors (Lipinski definition) is 5. The molecule has 2 N–H and O–H groups in total. The van der Waals surface area contributed by atoms with Crippen molar-refractivity contribution in [3.63, 3.8) is 0 Å². The lowest BCUT2D eigenvalue weighted by atomic mass is 10.1. The summed E-state index contributed by atoms with van der Waals surface area (Å²) in [7, 11) is 0. The predicted molar refractivity (Wildman–Crippen MR) is 98.2 cm³/mol. The molecule has 5 nitrogen and oxygen atoms in total. The van der Waals surface area contributed by atoms with E-state index < -0.39 is 0 Å². The Labute approximate surface area is 145 Å². The molecule has 0 saturated carbocycles. The van der Waals surface area contributed by atoms with Gasteiger partial charge in [0.1, 0.15) is 0 Å². The molecule has 0 amide bonds. The number of rotatable bonds is 7. The molecule has 3 rings (SSSR count). The van der Waals surface area contributed by atoms with Gasteiger partial charge in [-0.1, -0.05) is 30.3 Å². The molecular weight excluding hydrogens is 300 g/mol. The van der Waals surface area contributed by atoms with Crippen molar-refractivity contribution < 1.29 is 4.74 Å². The second-order valence-electron chi connectivity index (χ2n) is 6.62. The lowest BCUT2D eigenvalue weighted by Crippen LogP contribution is -2.41.